The first-order chi connectivity index (χ1) is 30.4. The number of carbonyl (C=O) groups excluding carboxylic acids is 1. The first-order valence-corrected chi connectivity index (χ1v) is 25.2. The summed E-state index contributed by atoms with van der Waals surface area (Å²) < 4.78 is 58.0. The van der Waals surface area contributed by atoms with Crippen LogP contribution in [-0.2, 0) is 19.8 Å². The van der Waals surface area contributed by atoms with Crippen LogP contribution in [-0.4, -0.2) is 103 Å². The Balaban J connectivity index is 1.02. The van der Waals surface area contributed by atoms with Gasteiger partial charge in [-0.25, -0.2) is 22.5 Å². The number of nitrogens with one attached hydrogen (secondary N) is 3. The molecule has 8 rings (SSSR count). The molecule has 0 unspecified atom stereocenters. The number of carbonyl (C=O) groups is 1. The Hall–Kier alpha value is -5.69. The molecule has 16 nitrogen and oxygen atoms in total. The minimum absolute atomic E-state index is 0.00169. The van der Waals surface area contributed by atoms with Crippen LogP contribution in [0, 0.1) is 15.5 Å². The molecule has 1 aliphatic carbocycles. The first kappa shape index (κ1) is 44.9. The summed E-state index contributed by atoms with van der Waals surface area (Å²) in [7, 11) is -7.02. The molecule has 2 aromatic heterocycles. The smallest absolute Gasteiger partial charge is 0.297 e. The zero-order valence-corrected chi connectivity index (χ0v) is 38.4. The Morgan fingerprint density at radius 2 is 1.83 bits per heavy atom. The van der Waals surface area contributed by atoms with Crippen molar-refractivity contribution < 1.29 is 31.8 Å². The lowest BCUT2D eigenvalue weighted by Crippen LogP contribution is -2.47. The van der Waals surface area contributed by atoms with Crippen molar-refractivity contribution in [2.75, 3.05) is 68.6 Å². The number of halogens is 1. The fourth-order valence-corrected chi connectivity index (χ4v) is 10.0. The predicted octanol–water partition coefficient (Wildman–Crippen LogP) is 8.11. The normalized spacial score (nSPS) is 17.9. The summed E-state index contributed by atoms with van der Waals surface area (Å²) in [5, 5.41) is 16.8. The summed E-state index contributed by atoms with van der Waals surface area (Å²) in [6.45, 7) is 8.81. The molecule has 3 aromatic carbocycles. The quantitative estimate of drug-likeness (QED) is 0.0758. The third kappa shape index (κ3) is 10.5. The van der Waals surface area contributed by atoms with Gasteiger partial charge < -0.3 is 24.7 Å². The number of H-pyrrole nitrogens is 1. The molecular formula is C45H51ClN8O8S2. The van der Waals surface area contributed by atoms with Gasteiger partial charge in [-0.1, -0.05) is 43.2 Å². The average Bonchev–Trinajstić information content (AvgIpc) is 3.72. The highest BCUT2D eigenvalue weighted by molar-refractivity contribution is 7.92. The molecule has 2 aliphatic heterocycles. The number of allylic oxidation sites excluding steroid dienone is 1. The lowest BCUT2D eigenvalue weighted by Gasteiger charge is -2.39. The number of aromatic amines is 1. The second kappa shape index (κ2) is 18.1. The molecule has 19 heteroatoms. The van der Waals surface area contributed by atoms with Crippen LogP contribution in [0.15, 0.2) is 94.0 Å². The number of anilines is 2. The minimum Gasteiger partial charge on any atom is -0.489 e. The van der Waals surface area contributed by atoms with Crippen molar-refractivity contribution in [3.63, 3.8) is 0 Å². The van der Waals surface area contributed by atoms with E-state index in [4.69, 9.17) is 21.1 Å². The standard InChI is InChI=1S/C45H51ClN8O8S2/c1-45(2)14-11-31(38(25-45)29-5-7-32(46)8-6-29)27-52-17-19-53(20-18-52)34-9-10-37(40(22-34)62-35-21-30-12-15-47-43(30)48-26-35)44(55)51-64(59,60)36-23-39(54(56)57)42-41(24-36)61-28-33(50-42)13-16-49-63(3,4)58/h5-10,12,15,21-24,26,33,50H,11,13-14,16-20,25,27-28H2,1-4H3,(H,47,48)(H,51,55)/t33-/m0/s1. The van der Waals surface area contributed by atoms with E-state index in [1.807, 2.05) is 18.2 Å². The fourth-order valence-electron chi connectivity index (χ4n) is 8.37. The van der Waals surface area contributed by atoms with E-state index < -0.39 is 47.2 Å². The summed E-state index contributed by atoms with van der Waals surface area (Å²) in [5.41, 5.74) is 5.08. The van der Waals surface area contributed by atoms with Gasteiger partial charge in [0.15, 0.2) is 11.4 Å². The van der Waals surface area contributed by atoms with E-state index in [2.05, 4.69) is 60.1 Å². The number of amides is 1. The van der Waals surface area contributed by atoms with Gasteiger partial charge in [0.1, 0.15) is 23.8 Å². The number of piperazine rings is 1. The van der Waals surface area contributed by atoms with Crippen LogP contribution >= 0.6 is 11.6 Å². The summed E-state index contributed by atoms with van der Waals surface area (Å²) >= 11 is 6.24. The maximum atomic E-state index is 14.0. The van der Waals surface area contributed by atoms with Crippen LogP contribution in [0.3, 0.4) is 0 Å². The molecule has 0 spiro atoms. The molecule has 4 heterocycles. The molecule has 1 amide bonds. The third-order valence-corrected chi connectivity index (χ3v) is 14.2. The molecule has 338 valence electrons. The molecule has 0 radical (unpaired) electrons. The number of pyridine rings is 1. The Labute approximate surface area is 377 Å². The number of nitrogens with zero attached hydrogens (tertiary/aromatic N) is 5. The zero-order valence-electron chi connectivity index (χ0n) is 36.1. The van der Waals surface area contributed by atoms with Crippen molar-refractivity contribution in [2.45, 2.75) is 50.5 Å². The Kier molecular flexibility index (Phi) is 12.7. The summed E-state index contributed by atoms with van der Waals surface area (Å²) in [5.74, 6) is -0.649. The van der Waals surface area contributed by atoms with Gasteiger partial charge in [-0.3, -0.25) is 24.0 Å². The van der Waals surface area contributed by atoms with E-state index in [1.165, 1.54) is 41.5 Å². The van der Waals surface area contributed by atoms with Crippen molar-refractivity contribution in [3.05, 3.63) is 111 Å². The van der Waals surface area contributed by atoms with E-state index >= 15 is 0 Å². The second-order valence-corrected chi connectivity index (χ2v) is 22.3. The largest absolute Gasteiger partial charge is 0.489 e. The lowest BCUT2D eigenvalue weighted by atomic mass is 9.72. The number of hydrogen-bond donors (Lipinski definition) is 3. The van der Waals surface area contributed by atoms with E-state index in [0.29, 0.717) is 30.9 Å². The minimum atomic E-state index is -4.69. The zero-order chi connectivity index (χ0) is 45.4. The average molecular weight is 932 g/mol. The van der Waals surface area contributed by atoms with Crippen molar-refractivity contribution in [2.24, 2.45) is 9.78 Å². The summed E-state index contributed by atoms with van der Waals surface area (Å²) in [4.78, 5) is 37.1. The third-order valence-electron chi connectivity index (χ3n) is 11.8. The van der Waals surface area contributed by atoms with Gasteiger partial charge in [0, 0.05) is 95.5 Å². The van der Waals surface area contributed by atoms with E-state index in [0.717, 1.165) is 67.1 Å². The second-order valence-electron chi connectivity index (χ2n) is 17.5. The van der Waals surface area contributed by atoms with Gasteiger partial charge in [-0.2, -0.15) is 0 Å². The first-order valence-electron chi connectivity index (χ1n) is 21.0. The summed E-state index contributed by atoms with van der Waals surface area (Å²) in [6, 6.07) is 18.3. The van der Waals surface area contributed by atoms with E-state index in [-0.39, 0.29) is 41.3 Å². The van der Waals surface area contributed by atoms with Crippen LogP contribution in [0.1, 0.15) is 55.5 Å². The van der Waals surface area contributed by atoms with Gasteiger partial charge in [-0.15, -0.1) is 0 Å². The monoisotopic (exact) mass is 930 g/mol. The Bertz CT molecular complexity index is 2880. The molecule has 5 aromatic rings. The fraction of sp³-hybridized carbons (Fsp3) is 0.378. The molecule has 0 saturated carbocycles. The number of nitro groups is 1. The molecule has 1 atom stereocenters. The van der Waals surface area contributed by atoms with Crippen molar-refractivity contribution in [1.82, 2.24) is 19.6 Å². The SMILES string of the molecule is CC1(C)CCC(CN2CCN(c3ccc(C(=O)NS(=O)(=O)c4cc5c(c([N+](=O)[O-])c4)N[C@@H](CCN=S(C)(C)=O)CO5)c(Oc4cnc5[nH]ccc5c4)c3)CC2)=C(c2ccc(Cl)cc2)C1. The number of nitro benzene ring substituents is 1. The van der Waals surface area contributed by atoms with Crippen molar-refractivity contribution in [1.29, 1.82) is 0 Å². The van der Waals surface area contributed by atoms with Gasteiger partial charge in [-0.05, 0) is 78.6 Å². The van der Waals surface area contributed by atoms with Gasteiger partial charge >= 0.3 is 0 Å². The molecule has 0 bridgehead atoms. The molecular weight excluding hydrogens is 880 g/mol. The van der Waals surface area contributed by atoms with Crippen LogP contribution in [0.25, 0.3) is 16.6 Å². The van der Waals surface area contributed by atoms with E-state index in [9.17, 15) is 27.5 Å². The number of sulfonamides is 1. The van der Waals surface area contributed by atoms with E-state index in [1.54, 1.807) is 24.4 Å². The number of rotatable bonds is 13. The molecule has 1 saturated heterocycles. The highest BCUT2D eigenvalue weighted by Crippen LogP contribution is 2.44. The number of fused-ring (bicyclic) bond motifs is 2. The molecule has 64 heavy (non-hydrogen) atoms. The highest BCUT2D eigenvalue weighted by atomic mass is 35.5. The molecule has 1 fully saturated rings. The topological polar surface area (TPSA) is 201 Å². The number of hydrogen-bond acceptors (Lipinski definition) is 13. The van der Waals surface area contributed by atoms with Crippen LogP contribution in [0.2, 0.25) is 5.02 Å². The van der Waals surface area contributed by atoms with Gasteiger partial charge in [0.05, 0.1) is 34.2 Å². The highest BCUT2D eigenvalue weighted by Gasteiger charge is 2.33. The predicted molar refractivity (Wildman–Crippen MR) is 250 cm³/mol. The Morgan fingerprint density at radius 3 is 2.56 bits per heavy atom. The van der Waals surface area contributed by atoms with Crippen LogP contribution in [0.4, 0.5) is 17.1 Å². The number of benzene rings is 3. The van der Waals surface area contributed by atoms with Crippen molar-refractivity contribution in [3.8, 4) is 17.2 Å². The van der Waals surface area contributed by atoms with Gasteiger partial charge in [0.25, 0.3) is 21.6 Å². The Morgan fingerprint density at radius 1 is 1.06 bits per heavy atom. The van der Waals surface area contributed by atoms with Crippen LogP contribution in [0.5, 0.6) is 17.2 Å². The lowest BCUT2D eigenvalue weighted by molar-refractivity contribution is -0.384. The molecule has 3 aliphatic rings. The number of ether oxygens (including phenoxy) is 2. The van der Waals surface area contributed by atoms with Crippen LogP contribution < -0.4 is 24.4 Å². The maximum Gasteiger partial charge on any atom is 0.297 e. The maximum absolute atomic E-state index is 14.0. The number of aromatic nitrogens is 2. The summed E-state index contributed by atoms with van der Waals surface area (Å²) in [6.07, 6.45) is 9.82. The molecule has 3 N–H and O–H groups in total. The van der Waals surface area contributed by atoms with Gasteiger partial charge in [0.2, 0.25) is 0 Å². The van der Waals surface area contributed by atoms with Crippen molar-refractivity contribution >= 4 is 70.9 Å².